The minimum atomic E-state index is -1.12. The average Bonchev–Trinajstić information content (AvgIpc) is 3.32. The molecule has 6 rings (SSSR count). The highest BCUT2D eigenvalue weighted by atomic mass is 16.5. The van der Waals surface area contributed by atoms with Gasteiger partial charge in [-0.2, -0.15) is 0 Å². The number of aromatic hydroxyl groups is 1. The molecule has 1 unspecified atom stereocenters. The molecule has 5 heteroatoms. The number of carbonyl (C=O) groups is 1. The van der Waals surface area contributed by atoms with Gasteiger partial charge < -0.3 is 14.9 Å². The van der Waals surface area contributed by atoms with Crippen LogP contribution < -0.4 is 4.74 Å². The number of benzene rings is 1. The third-order valence-electron chi connectivity index (χ3n) is 7.17. The smallest absolute Gasteiger partial charge is 0.196 e. The number of piperidine rings is 1. The van der Waals surface area contributed by atoms with Crippen LogP contribution in [-0.2, 0) is 16.6 Å². The van der Waals surface area contributed by atoms with Gasteiger partial charge in [-0.15, -0.1) is 0 Å². The Morgan fingerprint density at radius 2 is 2.16 bits per heavy atom. The van der Waals surface area contributed by atoms with E-state index in [4.69, 9.17) is 4.74 Å². The summed E-state index contributed by atoms with van der Waals surface area (Å²) in [5.74, 6) is 1.12. The zero-order valence-corrected chi connectivity index (χ0v) is 13.9. The lowest BCUT2D eigenvalue weighted by Crippen LogP contribution is -2.75. The monoisotopic (exact) mass is 339 g/mol. The van der Waals surface area contributed by atoms with Crippen molar-refractivity contribution in [3.63, 3.8) is 0 Å². The topological polar surface area (TPSA) is 70.0 Å². The molecule has 1 saturated heterocycles. The molecule has 1 aromatic rings. The van der Waals surface area contributed by atoms with Crippen molar-refractivity contribution >= 4 is 5.78 Å². The van der Waals surface area contributed by atoms with Gasteiger partial charge in [0.05, 0.1) is 5.41 Å². The molecule has 2 heterocycles. The lowest BCUT2D eigenvalue weighted by atomic mass is 9.51. The fraction of sp³-hybridized carbons (Fsp3) is 0.550. The summed E-state index contributed by atoms with van der Waals surface area (Å²) >= 11 is 0. The number of ketones is 1. The van der Waals surface area contributed by atoms with Crippen LogP contribution in [0.15, 0.2) is 24.3 Å². The summed E-state index contributed by atoms with van der Waals surface area (Å²) in [5, 5.41) is 22.2. The molecular weight excluding hydrogens is 318 g/mol. The van der Waals surface area contributed by atoms with Crippen molar-refractivity contribution in [3.8, 4) is 11.5 Å². The third kappa shape index (κ3) is 1.51. The van der Waals surface area contributed by atoms with E-state index in [2.05, 4.69) is 4.90 Å². The molecule has 0 aromatic heterocycles. The van der Waals surface area contributed by atoms with Crippen LogP contribution in [0.25, 0.3) is 0 Å². The molecule has 2 bridgehead atoms. The van der Waals surface area contributed by atoms with Crippen molar-refractivity contribution in [1.29, 1.82) is 0 Å². The summed E-state index contributed by atoms with van der Waals surface area (Å²) in [6.45, 7) is 1.88. The summed E-state index contributed by atoms with van der Waals surface area (Å²) < 4.78 is 5.99. The minimum absolute atomic E-state index is 0.0414. The second-order valence-corrected chi connectivity index (χ2v) is 8.39. The number of aliphatic hydroxyl groups is 1. The number of rotatable bonds is 2. The first-order valence-corrected chi connectivity index (χ1v) is 9.26. The van der Waals surface area contributed by atoms with Gasteiger partial charge in [-0.25, -0.2) is 0 Å². The summed E-state index contributed by atoms with van der Waals surface area (Å²) in [6, 6.07) is 3.56. The first kappa shape index (κ1) is 14.3. The Bertz CT molecular complexity index is 844. The first-order chi connectivity index (χ1) is 12.0. The second kappa shape index (κ2) is 4.27. The van der Waals surface area contributed by atoms with Crippen molar-refractivity contribution in [1.82, 2.24) is 4.90 Å². The van der Waals surface area contributed by atoms with E-state index in [0.29, 0.717) is 12.2 Å². The minimum Gasteiger partial charge on any atom is -0.504 e. The number of likely N-dealkylation sites (tertiary alicyclic amines) is 1. The van der Waals surface area contributed by atoms with Gasteiger partial charge in [0.2, 0.25) is 0 Å². The summed E-state index contributed by atoms with van der Waals surface area (Å²) in [4.78, 5) is 15.0. The molecule has 2 N–H and O–H groups in total. The quantitative estimate of drug-likeness (QED) is 0.850. The van der Waals surface area contributed by atoms with Gasteiger partial charge in [-0.1, -0.05) is 6.07 Å². The van der Waals surface area contributed by atoms with Crippen molar-refractivity contribution in [2.75, 3.05) is 13.1 Å². The van der Waals surface area contributed by atoms with E-state index in [1.165, 1.54) is 18.9 Å². The van der Waals surface area contributed by atoms with Crippen molar-refractivity contribution in [2.24, 2.45) is 5.92 Å². The maximum Gasteiger partial charge on any atom is 0.196 e. The molecule has 5 nitrogen and oxygen atoms in total. The molecule has 1 aromatic carbocycles. The Balaban J connectivity index is 1.60. The number of phenolic OH excluding ortho intramolecular Hbond substituents is 1. The Morgan fingerprint density at radius 3 is 2.96 bits per heavy atom. The lowest BCUT2D eigenvalue weighted by Gasteiger charge is -2.60. The van der Waals surface area contributed by atoms with Gasteiger partial charge in [-0.05, 0) is 61.9 Å². The van der Waals surface area contributed by atoms with E-state index >= 15 is 0 Å². The lowest BCUT2D eigenvalue weighted by molar-refractivity contribution is -0.155. The molecule has 2 fully saturated rings. The standard InChI is InChI=1S/C20H21NO4/c22-13-4-3-12-9-15-20(24)6-5-14(23)18-19(20,16(12)17(13)25-18)7-8-21(15)10-11-1-2-11/h3-6,11,15,18,22,24H,1-2,7-10H2/t15-,18+,19+,20?/m1/s1. The number of hydrogen-bond acceptors (Lipinski definition) is 5. The third-order valence-corrected chi connectivity index (χ3v) is 7.17. The summed E-state index contributed by atoms with van der Waals surface area (Å²) in [5.41, 5.74) is 0.101. The summed E-state index contributed by atoms with van der Waals surface area (Å²) in [7, 11) is 0. The van der Waals surface area contributed by atoms with Crippen LogP contribution in [0.1, 0.15) is 30.4 Å². The van der Waals surface area contributed by atoms with Crippen molar-refractivity contribution in [3.05, 3.63) is 35.4 Å². The highest BCUT2D eigenvalue weighted by molar-refractivity contribution is 5.99. The molecule has 1 spiro atoms. The Morgan fingerprint density at radius 1 is 1.32 bits per heavy atom. The maximum atomic E-state index is 12.6. The van der Waals surface area contributed by atoms with Gasteiger partial charge in [0.15, 0.2) is 23.4 Å². The van der Waals surface area contributed by atoms with Crippen LogP contribution in [-0.4, -0.2) is 51.7 Å². The SMILES string of the molecule is O=C1C=CC2(O)[C@H]3Cc4ccc(O)c5c4[C@@]2(CCN3CC2CC2)[C@H]1O5. The number of ether oxygens (including phenoxy) is 1. The van der Waals surface area contributed by atoms with E-state index in [0.717, 1.165) is 36.6 Å². The highest BCUT2D eigenvalue weighted by Gasteiger charge is 2.72. The predicted molar refractivity (Wildman–Crippen MR) is 89.7 cm³/mol. The Kier molecular flexibility index (Phi) is 2.45. The van der Waals surface area contributed by atoms with Crippen LogP contribution in [0, 0.1) is 5.92 Å². The van der Waals surface area contributed by atoms with Crippen LogP contribution in [0.2, 0.25) is 0 Å². The van der Waals surface area contributed by atoms with Gasteiger partial charge in [0, 0.05) is 18.2 Å². The number of carbonyl (C=O) groups excluding carboxylic acids is 1. The second-order valence-electron chi connectivity index (χ2n) is 8.39. The molecule has 2 aliphatic heterocycles. The van der Waals surface area contributed by atoms with Crippen LogP contribution in [0.5, 0.6) is 11.5 Å². The molecule has 3 aliphatic carbocycles. The predicted octanol–water partition coefficient (Wildman–Crippen LogP) is 1.30. The van der Waals surface area contributed by atoms with Gasteiger partial charge >= 0.3 is 0 Å². The fourth-order valence-electron chi connectivity index (χ4n) is 5.86. The largest absolute Gasteiger partial charge is 0.504 e. The molecule has 5 aliphatic rings. The Labute approximate surface area is 145 Å². The van der Waals surface area contributed by atoms with Gasteiger partial charge in [0.25, 0.3) is 0 Å². The average molecular weight is 339 g/mol. The normalized spacial score (nSPS) is 40.8. The van der Waals surface area contributed by atoms with E-state index < -0.39 is 17.1 Å². The van der Waals surface area contributed by atoms with Gasteiger partial charge in [0.1, 0.15) is 5.60 Å². The molecular formula is C20H21NO4. The first-order valence-electron chi connectivity index (χ1n) is 9.26. The maximum absolute atomic E-state index is 12.6. The fourth-order valence-corrected chi connectivity index (χ4v) is 5.86. The van der Waals surface area contributed by atoms with Gasteiger partial charge in [-0.3, -0.25) is 9.69 Å². The van der Waals surface area contributed by atoms with E-state index in [1.807, 2.05) is 6.07 Å². The highest BCUT2D eigenvalue weighted by Crippen LogP contribution is 2.63. The zero-order valence-electron chi connectivity index (χ0n) is 13.9. The molecule has 0 radical (unpaired) electrons. The van der Waals surface area contributed by atoms with E-state index in [9.17, 15) is 15.0 Å². The van der Waals surface area contributed by atoms with E-state index in [-0.39, 0.29) is 17.6 Å². The van der Waals surface area contributed by atoms with Crippen molar-refractivity contribution < 1.29 is 19.7 Å². The van der Waals surface area contributed by atoms with Crippen molar-refractivity contribution in [2.45, 2.75) is 48.8 Å². The van der Waals surface area contributed by atoms with E-state index in [1.54, 1.807) is 12.1 Å². The molecule has 1 saturated carbocycles. The number of hydrogen-bond donors (Lipinski definition) is 2. The summed E-state index contributed by atoms with van der Waals surface area (Å²) in [6.07, 6.45) is 6.45. The molecule has 4 atom stereocenters. The number of nitrogens with zero attached hydrogens (tertiary/aromatic N) is 1. The molecule has 130 valence electrons. The number of phenols is 1. The van der Waals surface area contributed by atoms with Crippen LogP contribution in [0.3, 0.4) is 0 Å². The molecule has 25 heavy (non-hydrogen) atoms. The zero-order chi connectivity index (χ0) is 17.0. The Hall–Kier alpha value is -1.85. The van der Waals surface area contributed by atoms with Crippen LogP contribution in [0.4, 0.5) is 0 Å². The molecule has 0 amide bonds. The van der Waals surface area contributed by atoms with Crippen LogP contribution >= 0.6 is 0 Å².